The Morgan fingerprint density at radius 1 is 1.05 bits per heavy atom. The standard InChI is InChI=1S/C28H36N6O2S3/c35-24(13-7-6-12-23-26-21(17-37-23)33-27(36)34-26)29-15-8-2-1-3-9-19-14-16-30-28(31-19)38-18-25-32-20-10-4-5-11-22(20)39-25/h4-5,10-11,14,16,21,23,26H,1-3,6-9,12-13,15,17-18H2,(H,29,35)(H2,33,34,36)/t21-,23-,26-/m0/s1. The predicted octanol–water partition coefficient (Wildman–Crippen LogP) is 5.32. The van der Waals surface area contributed by atoms with Crippen LogP contribution in [0.4, 0.5) is 4.79 Å². The van der Waals surface area contributed by atoms with Crippen molar-refractivity contribution in [2.45, 2.75) is 86.0 Å². The fourth-order valence-corrected chi connectivity index (χ4v) is 8.42. The van der Waals surface area contributed by atoms with Crippen LogP contribution in [0.2, 0.25) is 0 Å². The molecule has 2 aliphatic heterocycles. The summed E-state index contributed by atoms with van der Waals surface area (Å²) >= 11 is 5.30. The molecule has 5 rings (SSSR count). The van der Waals surface area contributed by atoms with Gasteiger partial charge in [-0.1, -0.05) is 43.2 Å². The fraction of sp³-hybridized carbons (Fsp3) is 0.536. The van der Waals surface area contributed by atoms with Crippen molar-refractivity contribution in [1.29, 1.82) is 0 Å². The smallest absolute Gasteiger partial charge is 0.315 e. The number of nitrogens with one attached hydrogen (secondary N) is 3. The van der Waals surface area contributed by atoms with Crippen molar-refractivity contribution in [2.24, 2.45) is 0 Å². The van der Waals surface area contributed by atoms with Gasteiger partial charge in [0.1, 0.15) is 5.01 Å². The van der Waals surface area contributed by atoms with Gasteiger partial charge in [-0.25, -0.2) is 19.7 Å². The molecule has 3 aromatic rings. The summed E-state index contributed by atoms with van der Waals surface area (Å²) in [5.41, 5.74) is 2.14. The molecule has 2 aliphatic rings. The highest BCUT2D eigenvalue weighted by Crippen LogP contribution is 2.33. The highest BCUT2D eigenvalue weighted by atomic mass is 32.2. The highest BCUT2D eigenvalue weighted by Gasteiger charge is 2.42. The van der Waals surface area contributed by atoms with Gasteiger partial charge in [0.15, 0.2) is 5.16 Å². The number of aryl methyl sites for hydroxylation is 1. The molecule has 2 saturated heterocycles. The predicted molar refractivity (Wildman–Crippen MR) is 160 cm³/mol. The van der Waals surface area contributed by atoms with Crippen LogP contribution in [0.3, 0.4) is 0 Å². The topological polar surface area (TPSA) is 109 Å². The Labute approximate surface area is 242 Å². The van der Waals surface area contributed by atoms with E-state index in [-0.39, 0.29) is 24.0 Å². The van der Waals surface area contributed by atoms with E-state index in [4.69, 9.17) is 9.97 Å². The van der Waals surface area contributed by atoms with Crippen LogP contribution in [0.15, 0.2) is 41.7 Å². The minimum atomic E-state index is -0.0376. The second-order valence-corrected chi connectivity index (χ2v) is 13.4. The first-order chi connectivity index (χ1) is 19.1. The zero-order chi connectivity index (χ0) is 26.9. The number of unbranched alkanes of at least 4 members (excludes halogenated alkanes) is 4. The molecule has 0 radical (unpaired) electrons. The largest absolute Gasteiger partial charge is 0.356 e. The van der Waals surface area contributed by atoms with Crippen molar-refractivity contribution in [3.05, 3.63) is 47.2 Å². The number of thiazole rings is 1. The maximum absolute atomic E-state index is 12.2. The van der Waals surface area contributed by atoms with E-state index in [0.717, 1.165) is 90.8 Å². The minimum Gasteiger partial charge on any atom is -0.356 e. The molecule has 0 aliphatic carbocycles. The monoisotopic (exact) mass is 584 g/mol. The molecule has 0 saturated carbocycles. The van der Waals surface area contributed by atoms with E-state index in [1.807, 2.05) is 36.2 Å². The zero-order valence-electron chi connectivity index (χ0n) is 22.1. The molecular formula is C28H36N6O2S3. The van der Waals surface area contributed by atoms with E-state index in [1.165, 1.54) is 4.70 Å². The van der Waals surface area contributed by atoms with Gasteiger partial charge >= 0.3 is 6.03 Å². The average Bonchev–Trinajstić information content (AvgIpc) is 3.63. The normalized spacial score (nSPS) is 20.1. The lowest BCUT2D eigenvalue weighted by molar-refractivity contribution is -0.121. The van der Waals surface area contributed by atoms with E-state index in [1.54, 1.807) is 23.1 Å². The average molecular weight is 585 g/mol. The van der Waals surface area contributed by atoms with Crippen molar-refractivity contribution in [3.63, 3.8) is 0 Å². The summed E-state index contributed by atoms with van der Waals surface area (Å²) in [6, 6.07) is 10.7. The maximum Gasteiger partial charge on any atom is 0.315 e. The number of hydrogen-bond acceptors (Lipinski definition) is 8. The number of carbonyl (C=O) groups excluding carboxylic acids is 2. The first-order valence-electron chi connectivity index (χ1n) is 13.9. The van der Waals surface area contributed by atoms with E-state index >= 15 is 0 Å². The number of amides is 3. The second kappa shape index (κ2) is 14.3. The summed E-state index contributed by atoms with van der Waals surface area (Å²) in [6.45, 7) is 0.749. The Balaban J connectivity index is 0.884. The molecule has 0 unspecified atom stereocenters. The number of aromatic nitrogens is 3. The summed E-state index contributed by atoms with van der Waals surface area (Å²) in [5.74, 6) is 1.92. The fourth-order valence-electron chi connectivity index (χ4n) is 5.07. The summed E-state index contributed by atoms with van der Waals surface area (Å²) in [7, 11) is 0. The molecule has 2 aromatic heterocycles. The van der Waals surface area contributed by atoms with E-state index in [9.17, 15) is 9.59 Å². The number of hydrogen-bond donors (Lipinski definition) is 3. The van der Waals surface area contributed by atoms with Crippen LogP contribution in [-0.2, 0) is 17.0 Å². The lowest BCUT2D eigenvalue weighted by atomic mass is 10.0. The molecule has 4 heterocycles. The molecule has 3 atom stereocenters. The molecule has 3 N–H and O–H groups in total. The molecule has 39 heavy (non-hydrogen) atoms. The van der Waals surface area contributed by atoms with Gasteiger partial charge in [-0.2, -0.15) is 11.8 Å². The van der Waals surface area contributed by atoms with Gasteiger partial charge in [0.25, 0.3) is 0 Å². The molecule has 3 amide bonds. The second-order valence-electron chi connectivity index (χ2n) is 10.1. The van der Waals surface area contributed by atoms with Crippen LogP contribution in [0, 0.1) is 0 Å². The lowest BCUT2D eigenvalue weighted by Crippen LogP contribution is -2.36. The molecule has 8 nitrogen and oxygen atoms in total. The third-order valence-electron chi connectivity index (χ3n) is 7.12. The van der Waals surface area contributed by atoms with E-state index in [2.05, 4.69) is 33.1 Å². The first kappa shape index (κ1) is 28.2. The van der Waals surface area contributed by atoms with Crippen molar-refractivity contribution >= 4 is 57.0 Å². The van der Waals surface area contributed by atoms with Crippen LogP contribution < -0.4 is 16.0 Å². The van der Waals surface area contributed by atoms with Gasteiger partial charge in [0.05, 0.1) is 28.1 Å². The summed E-state index contributed by atoms with van der Waals surface area (Å²) in [5, 5.41) is 11.4. The Morgan fingerprint density at radius 3 is 2.87 bits per heavy atom. The number of benzene rings is 1. The Bertz CT molecular complexity index is 1220. The van der Waals surface area contributed by atoms with Crippen molar-refractivity contribution in [2.75, 3.05) is 12.3 Å². The lowest BCUT2D eigenvalue weighted by Gasteiger charge is -2.16. The Hall–Kier alpha value is -2.37. The number of urea groups is 1. The minimum absolute atomic E-state index is 0.0376. The first-order valence-corrected chi connectivity index (χ1v) is 16.7. The van der Waals surface area contributed by atoms with Crippen LogP contribution in [0.1, 0.15) is 62.1 Å². The summed E-state index contributed by atoms with van der Waals surface area (Å²) in [6.07, 6.45) is 10.7. The van der Waals surface area contributed by atoms with Crippen LogP contribution in [0.25, 0.3) is 10.2 Å². The van der Waals surface area contributed by atoms with Gasteiger partial charge in [-0.15, -0.1) is 11.3 Å². The van der Waals surface area contributed by atoms with Crippen LogP contribution >= 0.6 is 34.9 Å². The third kappa shape index (κ3) is 8.31. The Kier molecular flexibility index (Phi) is 10.3. The SMILES string of the molecule is O=C(CCCC[C@@H]1SC[C@@H]2NC(=O)N[C@@H]21)NCCCCCCc1ccnc(SCc2nc3ccccc3s2)n1. The molecule has 1 aromatic carbocycles. The van der Waals surface area contributed by atoms with Crippen LogP contribution in [0.5, 0.6) is 0 Å². The number of fused-ring (bicyclic) bond motifs is 2. The number of carbonyl (C=O) groups is 2. The quantitative estimate of drug-likeness (QED) is 0.0960. The van der Waals surface area contributed by atoms with E-state index in [0.29, 0.717) is 11.7 Å². The van der Waals surface area contributed by atoms with Gasteiger partial charge in [0, 0.05) is 35.9 Å². The molecule has 208 valence electrons. The van der Waals surface area contributed by atoms with Crippen molar-refractivity contribution < 1.29 is 9.59 Å². The Morgan fingerprint density at radius 2 is 1.95 bits per heavy atom. The van der Waals surface area contributed by atoms with Gasteiger partial charge in [-0.3, -0.25) is 4.79 Å². The molecule has 2 fully saturated rings. The number of thioether (sulfide) groups is 2. The summed E-state index contributed by atoms with van der Waals surface area (Å²) < 4.78 is 1.22. The number of rotatable bonds is 15. The van der Waals surface area contributed by atoms with Crippen LogP contribution in [-0.4, -0.2) is 56.5 Å². The zero-order valence-corrected chi connectivity index (χ0v) is 24.5. The van der Waals surface area contributed by atoms with Gasteiger partial charge < -0.3 is 16.0 Å². The van der Waals surface area contributed by atoms with Gasteiger partial charge in [-0.05, 0) is 50.3 Å². The number of para-hydroxylation sites is 1. The maximum atomic E-state index is 12.2. The summed E-state index contributed by atoms with van der Waals surface area (Å²) in [4.78, 5) is 37.5. The molecule has 11 heteroatoms. The third-order valence-corrected chi connectivity index (χ3v) is 10.7. The molecule has 0 spiro atoms. The van der Waals surface area contributed by atoms with Gasteiger partial charge in [0.2, 0.25) is 5.91 Å². The van der Waals surface area contributed by atoms with Crippen molar-refractivity contribution in [3.8, 4) is 0 Å². The van der Waals surface area contributed by atoms with Crippen molar-refractivity contribution in [1.82, 2.24) is 30.9 Å². The number of nitrogens with zero attached hydrogens (tertiary/aromatic N) is 3. The molecular weight excluding hydrogens is 549 g/mol. The van der Waals surface area contributed by atoms with E-state index < -0.39 is 0 Å². The molecule has 0 bridgehead atoms. The highest BCUT2D eigenvalue weighted by molar-refractivity contribution is 8.00.